The zero-order valence-corrected chi connectivity index (χ0v) is 15.9. The van der Waals surface area contributed by atoms with E-state index in [4.69, 9.17) is 0 Å². The SMILES string of the molecule is CC(=O)N1CCC2(CC1)CC(C(=O)O)N(Cc1cn3ccc(C)cc3n1)C2. The average Bonchev–Trinajstić information content (AvgIpc) is 3.16. The summed E-state index contributed by atoms with van der Waals surface area (Å²) in [5.41, 5.74) is 2.93. The first-order valence-corrected chi connectivity index (χ1v) is 9.52. The molecule has 7 heteroatoms. The lowest BCUT2D eigenvalue weighted by Crippen LogP contribution is -2.43. The molecule has 144 valence electrons. The minimum Gasteiger partial charge on any atom is -0.480 e. The molecule has 2 fully saturated rings. The molecule has 0 bridgehead atoms. The number of piperidine rings is 1. The first kappa shape index (κ1) is 18.0. The Balaban J connectivity index is 1.52. The summed E-state index contributed by atoms with van der Waals surface area (Å²) in [5.74, 6) is -0.657. The Labute approximate surface area is 158 Å². The third kappa shape index (κ3) is 3.43. The molecule has 1 N–H and O–H groups in total. The van der Waals surface area contributed by atoms with Gasteiger partial charge in [0.25, 0.3) is 0 Å². The van der Waals surface area contributed by atoms with E-state index in [1.807, 2.05) is 40.8 Å². The molecule has 1 atom stereocenters. The number of carboxylic acids is 1. The summed E-state index contributed by atoms with van der Waals surface area (Å²) in [5, 5.41) is 9.76. The molecule has 2 aliphatic rings. The Morgan fingerprint density at radius 1 is 1.33 bits per heavy atom. The summed E-state index contributed by atoms with van der Waals surface area (Å²) in [6, 6.07) is 3.58. The van der Waals surface area contributed by atoms with Crippen molar-refractivity contribution in [3.63, 3.8) is 0 Å². The van der Waals surface area contributed by atoms with Crippen molar-refractivity contribution < 1.29 is 14.7 Å². The molecule has 1 spiro atoms. The van der Waals surface area contributed by atoms with Crippen molar-refractivity contribution in [2.45, 2.75) is 45.7 Å². The van der Waals surface area contributed by atoms with Gasteiger partial charge in [0.05, 0.1) is 5.69 Å². The number of carboxylic acid groups (broad SMARTS) is 1. The maximum Gasteiger partial charge on any atom is 0.320 e. The number of hydrogen-bond donors (Lipinski definition) is 1. The van der Waals surface area contributed by atoms with Crippen molar-refractivity contribution in [1.29, 1.82) is 0 Å². The van der Waals surface area contributed by atoms with E-state index >= 15 is 0 Å². The van der Waals surface area contributed by atoms with E-state index in [1.165, 1.54) is 0 Å². The normalized spacial score (nSPS) is 22.6. The maximum absolute atomic E-state index is 11.9. The number of carbonyl (C=O) groups excluding carboxylic acids is 1. The molecule has 2 aliphatic heterocycles. The minimum atomic E-state index is -0.763. The van der Waals surface area contributed by atoms with Crippen LogP contribution in [-0.2, 0) is 16.1 Å². The molecule has 0 aliphatic carbocycles. The molecule has 7 nitrogen and oxygen atoms in total. The number of hydrogen-bond acceptors (Lipinski definition) is 4. The smallest absolute Gasteiger partial charge is 0.320 e. The molecule has 0 aromatic carbocycles. The van der Waals surface area contributed by atoms with Crippen LogP contribution in [0.5, 0.6) is 0 Å². The van der Waals surface area contributed by atoms with E-state index in [-0.39, 0.29) is 11.3 Å². The van der Waals surface area contributed by atoms with Crippen LogP contribution in [0.3, 0.4) is 0 Å². The molecule has 1 amide bonds. The predicted octanol–water partition coefficient (Wildman–Crippen LogP) is 1.93. The number of imidazole rings is 1. The molecule has 27 heavy (non-hydrogen) atoms. The van der Waals surface area contributed by atoms with Crippen molar-refractivity contribution in [3.8, 4) is 0 Å². The van der Waals surface area contributed by atoms with Gasteiger partial charge in [-0.1, -0.05) is 0 Å². The zero-order chi connectivity index (χ0) is 19.2. The fourth-order valence-electron chi connectivity index (χ4n) is 4.63. The van der Waals surface area contributed by atoms with E-state index in [2.05, 4.69) is 9.88 Å². The molecule has 4 heterocycles. The number of fused-ring (bicyclic) bond motifs is 1. The lowest BCUT2D eigenvalue weighted by atomic mass is 9.76. The van der Waals surface area contributed by atoms with E-state index in [0.29, 0.717) is 13.0 Å². The quantitative estimate of drug-likeness (QED) is 0.893. The largest absolute Gasteiger partial charge is 0.480 e. The highest BCUT2D eigenvalue weighted by Gasteiger charge is 2.48. The van der Waals surface area contributed by atoms with E-state index in [0.717, 1.165) is 49.4 Å². The van der Waals surface area contributed by atoms with Gasteiger partial charge in [-0.2, -0.15) is 0 Å². The van der Waals surface area contributed by atoms with Gasteiger partial charge in [-0.05, 0) is 49.3 Å². The number of likely N-dealkylation sites (tertiary alicyclic amines) is 2. The second kappa shape index (κ2) is 6.64. The molecular formula is C20H26N4O3. The summed E-state index contributed by atoms with van der Waals surface area (Å²) in [6.45, 7) is 6.38. The average molecular weight is 370 g/mol. The van der Waals surface area contributed by atoms with Crippen LogP contribution in [0.4, 0.5) is 0 Å². The van der Waals surface area contributed by atoms with Gasteiger partial charge >= 0.3 is 5.97 Å². The van der Waals surface area contributed by atoms with Crippen LogP contribution in [0, 0.1) is 12.3 Å². The van der Waals surface area contributed by atoms with Crippen LogP contribution in [0.2, 0.25) is 0 Å². The second-order valence-electron chi connectivity index (χ2n) is 8.17. The third-order valence-corrected chi connectivity index (χ3v) is 6.19. The summed E-state index contributed by atoms with van der Waals surface area (Å²) in [7, 11) is 0. The molecule has 1 unspecified atom stereocenters. The van der Waals surface area contributed by atoms with Crippen LogP contribution in [0.25, 0.3) is 5.65 Å². The van der Waals surface area contributed by atoms with Crippen molar-refractivity contribution in [3.05, 3.63) is 35.8 Å². The van der Waals surface area contributed by atoms with Gasteiger partial charge < -0.3 is 14.4 Å². The van der Waals surface area contributed by atoms with E-state index < -0.39 is 12.0 Å². The lowest BCUT2D eigenvalue weighted by molar-refractivity contribution is -0.142. The Morgan fingerprint density at radius 2 is 2.07 bits per heavy atom. The number of aromatic nitrogens is 2. The maximum atomic E-state index is 11.9. The van der Waals surface area contributed by atoms with E-state index in [1.54, 1.807) is 6.92 Å². The lowest BCUT2D eigenvalue weighted by Gasteiger charge is -2.39. The number of rotatable bonds is 3. The van der Waals surface area contributed by atoms with Gasteiger partial charge in [0.1, 0.15) is 11.7 Å². The van der Waals surface area contributed by atoms with Crippen molar-refractivity contribution in [2.24, 2.45) is 5.41 Å². The number of amides is 1. The summed E-state index contributed by atoms with van der Waals surface area (Å²) >= 11 is 0. The van der Waals surface area contributed by atoms with Gasteiger partial charge in [0.15, 0.2) is 0 Å². The number of pyridine rings is 1. The van der Waals surface area contributed by atoms with Crippen molar-refractivity contribution in [2.75, 3.05) is 19.6 Å². The van der Waals surface area contributed by atoms with Crippen molar-refractivity contribution >= 4 is 17.5 Å². The first-order valence-electron chi connectivity index (χ1n) is 9.52. The highest BCUT2D eigenvalue weighted by atomic mass is 16.4. The highest BCUT2D eigenvalue weighted by molar-refractivity contribution is 5.74. The van der Waals surface area contributed by atoms with Crippen LogP contribution < -0.4 is 0 Å². The summed E-state index contributed by atoms with van der Waals surface area (Å²) in [6.07, 6.45) is 6.37. The Hall–Kier alpha value is -2.41. The second-order valence-corrected chi connectivity index (χ2v) is 8.17. The molecule has 2 saturated heterocycles. The van der Waals surface area contributed by atoms with Crippen LogP contribution in [0.1, 0.15) is 37.4 Å². The van der Waals surface area contributed by atoms with Crippen LogP contribution in [0.15, 0.2) is 24.5 Å². The molecule has 2 aromatic rings. The number of nitrogens with zero attached hydrogens (tertiary/aromatic N) is 4. The highest BCUT2D eigenvalue weighted by Crippen LogP contribution is 2.44. The minimum absolute atomic E-state index is 0.00917. The third-order valence-electron chi connectivity index (χ3n) is 6.19. The fraction of sp³-hybridized carbons (Fsp3) is 0.550. The van der Waals surface area contributed by atoms with Crippen LogP contribution >= 0.6 is 0 Å². The standard InChI is InChI=1S/C20H26N4O3/c1-14-3-6-23-11-16(21-18(23)9-14)12-24-13-20(10-17(24)19(26)27)4-7-22(8-5-20)15(2)25/h3,6,9,11,17H,4-5,7-8,10,12-13H2,1-2H3,(H,26,27). The first-order chi connectivity index (χ1) is 12.8. The van der Waals surface area contributed by atoms with Crippen LogP contribution in [-0.4, -0.2) is 61.8 Å². The zero-order valence-electron chi connectivity index (χ0n) is 15.9. The van der Waals surface area contributed by atoms with Gasteiger partial charge in [0.2, 0.25) is 5.91 Å². The summed E-state index contributed by atoms with van der Waals surface area (Å²) < 4.78 is 1.98. The van der Waals surface area contributed by atoms with Gasteiger partial charge in [-0.3, -0.25) is 14.5 Å². The topological polar surface area (TPSA) is 78.2 Å². The van der Waals surface area contributed by atoms with E-state index in [9.17, 15) is 14.7 Å². The number of aryl methyl sites for hydroxylation is 1. The Morgan fingerprint density at radius 3 is 2.74 bits per heavy atom. The summed E-state index contributed by atoms with van der Waals surface area (Å²) in [4.78, 5) is 32.1. The number of aliphatic carboxylic acids is 1. The van der Waals surface area contributed by atoms with Gasteiger partial charge in [-0.15, -0.1) is 0 Å². The Bertz CT molecular complexity index is 882. The van der Waals surface area contributed by atoms with Gasteiger partial charge in [0, 0.05) is 45.5 Å². The fourth-order valence-corrected chi connectivity index (χ4v) is 4.63. The monoisotopic (exact) mass is 370 g/mol. The molecule has 0 saturated carbocycles. The predicted molar refractivity (Wildman–Crippen MR) is 100 cm³/mol. The molecule has 4 rings (SSSR count). The molecule has 0 radical (unpaired) electrons. The molecular weight excluding hydrogens is 344 g/mol. The molecule has 2 aromatic heterocycles. The Kier molecular flexibility index (Phi) is 4.42. The van der Waals surface area contributed by atoms with Crippen molar-refractivity contribution in [1.82, 2.24) is 19.2 Å². The number of carbonyl (C=O) groups is 2. The van der Waals surface area contributed by atoms with Gasteiger partial charge in [-0.25, -0.2) is 4.98 Å².